The highest BCUT2D eigenvalue weighted by atomic mass is 16.5. The summed E-state index contributed by atoms with van der Waals surface area (Å²) in [6, 6.07) is 18.5. The Labute approximate surface area is 198 Å². The van der Waals surface area contributed by atoms with Gasteiger partial charge in [0, 0.05) is 42.7 Å². The summed E-state index contributed by atoms with van der Waals surface area (Å²) in [7, 11) is 0. The van der Waals surface area contributed by atoms with Crippen LogP contribution in [0.25, 0.3) is 0 Å². The molecule has 4 rings (SSSR count). The Hall–Kier alpha value is -3.91. The van der Waals surface area contributed by atoms with Gasteiger partial charge in [0.1, 0.15) is 0 Å². The molecule has 1 aliphatic rings. The zero-order chi connectivity index (χ0) is 23.8. The molecule has 34 heavy (non-hydrogen) atoms. The number of H-pyrrole nitrogens is 1. The van der Waals surface area contributed by atoms with E-state index in [-0.39, 0.29) is 18.0 Å². The van der Waals surface area contributed by atoms with Crippen LogP contribution in [0.5, 0.6) is 5.75 Å². The van der Waals surface area contributed by atoms with Gasteiger partial charge in [0.2, 0.25) is 5.75 Å². The highest BCUT2D eigenvalue weighted by Gasteiger charge is 2.19. The molecule has 0 radical (unpaired) electrons. The first kappa shape index (κ1) is 23.3. The van der Waals surface area contributed by atoms with Gasteiger partial charge in [0.25, 0.3) is 5.56 Å². The largest absolute Gasteiger partial charge is 0.502 e. The first-order valence-electron chi connectivity index (χ1n) is 11.3. The highest BCUT2D eigenvalue weighted by Crippen LogP contribution is 2.26. The van der Waals surface area contributed by atoms with Crippen molar-refractivity contribution in [2.75, 3.05) is 13.2 Å². The second-order valence-electron chi connectivity index (χ2n) is 8.31. The van der Waals surface area contributed by atoms with Crippen molar-refractivity contribution in [3.05, 3.63) is 93.2 Å². The van der Waals surface area contributed by atoms with Crippen LogP contribution in [0.15, 0.2) is 59.7 Å². The summed E-state index contributed by atoms with van der Waals surface area (Å²) in [5, 5.41) is 22.7. The number of nitrogens with one attached hydrogen (secondary N) is 2. The lowest BCUT2D eigenvalue weighted by Crippen LogP contribution is -2.28. The Morgan fingerprint density at radius 3 is 2.41 bits per heavy atom. The van der Waals surface area contributed by atoms with Gasteiger partial charge in [0.05, 0.1) is 24.7 Å². The Balaban J connectivity index is 1.37. The number of rotatable bonds is 7. The summed E-state index contributed by atoms with van der Waals surface area (Å²) >= 11 is 0. The number of ether oxygens (including phenoxy) is 1. The van der Waals surface area contributed by atoms with Gasteiger partial charge in [-0.3, -0.25) is 4.79 Å². The van der Waals surface area contributed by atoms with Gasteiger partial charge in [-0.1, -0.05) is 36.1 Å². The molecule has 2 atom stereocenters. The van der Waals surface area contributed by atoms with E-state index in [4.69, 9.17) is 4.74 Å². The van der Waals surface area contributed by atoms with Gasteiger partial charge in [0.15, 0.2) is 0 Å². The van der Waals surface area contributed by atoms with E-state index >= 15 is 0 Å². The van der Waals surface area contributed by atoms with E-state index in [2.05, 4.69) is 45.3 Å². The van der Waals surface area contributed by atoms with Crippen LogP contribution in [0.2, 0.25) is 0 Å². The summed E-state index contributed by atoms with van der Waals surface area (Å²) in [6.07, 6.45) is 2.93. The molecule has 172 valence electrons. The second kappa shape index (κ2) is 11.3. The van der Waals surface area contributed by atoms with E-state index in [0.29, 0.717) is 12.5 Å². The third-order valence-corrected chi connectivity index (χ3v) is 5.85. The first-order chi connectivity index (χ1) is 16.6. The van der Waals surface area contributed by atoms with Crippen molar-refractivity contribution in [3.63, 3.8) is 0 Å². The third kappa shape index (κ3) is 6.11. The second-order valence-corrected chi connectivity index (χ2v) is 8.31. The quantitative estimate of drug-likeness (QED) is 0.474. The van der Waals surface area contributed by atoms with Crippen molar-refractivity contribution in [1.82, 2.24) is 15.3 Å². The maximum atomic E-state index is 11.7. The SMILES string of the molecule is N#CCC(Cc1ccc(C#Cc2ccc(CN[C@H]3CCOC3)cc2)cc1)c1nc[nH]c(=O)c1O. The van der Waals surface area contributed by atoms with Crippen molar-refractivity contribution in [2.45, 2.75) is 37.8 Å². The fourth-order valence-corrected chi connectivity index (χ4v) is 3.90. The summed E-state index contributed by atoms with van der Waals surface area (Å²) < 4.78 is 5.39. The smallest absolute Gasteiger partial charge is 0.293 e. The molecule has 0 spiro atoms. The molecule has 1 fully saturated rings. The van der Waals surface area contributed by atoms with Gasteiger partial charge in [-0.25, -0.2) is 4.98 Å². The fourth-order valence-electron chi connectivity index (χ4n) is 3.90. The molecule has 1 aromatic heterocycles. The van der Waals surface area contributed by atoms with Gasteiger partial charge in [-0.05, 0) is 48.2 Å². The van der Waals surface area contributed by atoms with Crippen molar-refractivity contribution in [1.29, 1.82) is 5.26 Å². The van der Waals surface area contributed by atoms with E-state index in [9.17, 15) is 15.2 Å². The highest BCUT2D eigenvalue weighted by molar-refractivity contribution is 5.44. The average molecular weight is 455 g/mol. The summed E-state index contributed by atoms with van der Waals surface area (Å²) in [5.74, 6) is 5.56. The fraction of sp³-hybridized carbons (Fsp3) is 0.296. The molecule has 2 aromatic carbocycles. The van der Waals surface area contributed by atoms with Crippen LogP contribution in [-0.2, 0) is 17.7 Å². The van der Waals surface area contributed by atoms with Gasteiger partial charge in [-0.15, -0.1) is 0 Å². The minimum atomic E-state index is -0.605. The number of benzene rings is 2. The lowest BCUT2D eigenvalue weighted by Gasteiger charge is -2.14. The third-order valence-electron chi connectivity index (χ3n) is 5.85. The maximum Gasteiger partial charge on any atom is 0.293 e. The number of aromatic amines is 1. The summed E-state index contributed by atoms with van der Waals surface area (Å²) in [4.78, 5) is 18.1. The number of aromatic hydroxyl groups is 1. The van der Waals surface area contributed by atoms with Crippen molar-refractivity contribution in [3.8, 4) is 23.7 Å². The molecule has 1 aliphatic heterocycles. The molecular formula is C27H26N4O3. The molecule has 2 heterocycles. The maximum absolute atomic E-state index is 11.7. The molecule has 3 aromatic rings. The number of nitriles is 1. The Morgan fingerprint density at radius 2 is 1.79 bits per heavy atom. The van der Waals surface area contributed by atoms with Gasteiger partial charge < -0.3 is 20.1 Å². The predicted molar refractivity (Wildman–Crippen MR) is 128 cm³/mol. The lowest BCUT2D eigenvalue weighted by atomic mass is 9.92. The van der Waals surface area contributed by atoms with E-state index in [0.717, 1.165) is 42.9 Å². The zero-order valence-corrected chi connectivity index (χ0v) is 18.8. The van der Waals surface area contributed by atoms with Gasteiger partial charge in [-0.2, -0.15) is 5.26 Å². The molecule has 0 aliphatic carbocycles. The van der Waals surface area contributed by atoms with Crippen LogP contribution < -0.4 is 10.9 Å². The minimum Gasteiger partial charge on any atom is -0.502 e. The average Bonchev–Trinajstić information content (AvgIpc) is 3.38. The normalized spacial score (nSPS) is 15.8. The number of hydrogen-bond donors (Lipinski definition) is 3. The molecule has 7 heteroatoms. The molecule has 1 unspecified atom stereocenters. The van der Waals surface area contributed by atoms with E-state index in [1.54, 1.807) is 0 Å². The van der Waals surface area contributed by atoms with E-state index < -0.39 is 11.3 Å². The summed E-state index contributed by atoms with van der Waals surface area (Å²) in [5.41, 5.74) is 3.65. The molecular weight excluding hydrogens is 428 g/mol. The molecule has 3 N–H and O–H groups in total. The van der Waals surface area contributed by atoms with Crippen LogP contribution in [0.1, 0.15) is 46.7 Å². The molecule has 0 bridgehead atoms. The van der Waals surface area contributed by atoms with Crippen LogP contribution in [0, 0.1) is 23.2 Å². The van der Waals surface area contributed by atoms with Crippen molar-refractivity contribution in [2.24, 2.45) is 0 Å². The van der Waals surface area contributed by atoms with Crippen LogP contribution >= 0.6 is 0 Å². The predicted octanol–water partition coefficient (Wildman–Crippen LogP) is 2.99. The standard InChI is InChI=1S/C27H26N4O3/c28-13-11-23(25-26(32)27(33)31-18-30-25)15-21-7-3-19(4-8-21)1-2-20-5-9-22(10-6-20)16-29-24-12-14-34-17-24/h3-10,18,23-24,29,32H,11-12,14-17H2,(H,30,31,33)/t23?,24-/m0/s1. The van der Waals surface area contributed by atoms with Crippen LogP contribution in [0.4, 0.5) is 0 Å². The molecule has 1 saturated heterocycles. The van der Waals surface area contributed by atoms with Gasteiger partial charge >= 0.3 is 0 Å². The first-order valence-corrected chi connectivity index (χ1v) is 11.3. The van der Waals surface area contributed by atoms with Crippen LogP contribution in [0.3, 0.4) is 0 Å². The number of hydrogen-bond acceptors (Lipinski definition) is 6. The van der Waals surface area contributed by atoms with E-state index in [1.165, 1.54) is 11.9 Å². The minimum absolute atomic E-state index is 0.144. The number of aromatic nitrogens is 2. The zero-order valence-electron chi connectivity index (χ0n) is 18.8. The van der Waals surface area contributed by atoms with E-state index in [1.807, 2.05) is 36.4 Å². The van der Waals surface area contributed by atoms with Crippen molar-refractivity contribution >= 4 is 0 Å². The van der Waals surface area contributed by atoms with Crippen molar-refractivity contribution < 1.29 is 9.84 Å². The Bertz CT molecular complexity index is 1260. The number of nitrogens with zero attached hydrogens (tertiary/aromatic N) is 2. The molecule has 0 amide bonds. The molecule has 0 saturated carbocycles. The monoisotopic (exact) mass is 454 g/mol. The lowest BCUT2D eigenvalue weighted by molar-refractivity contribution is 0.190. The Morgan fingerprint density at radius 1 is 1.12 bits per heavy atom. The van der Waals surface area contributed by atoms with Crippen LogP contribution in [-0.4, -0.2) is 34.3 Å². The summed E-state index contributed by atoms with van der Waals surface area (Å²) in [6.45, 7) is 2.44. The topological polar surface area (TPSA) is 111 Å². The Kier molecular flexibility index (Phi) is 7.72. The molecule has 7 nitrogen and oxygen atoms in total.